The Morgan fingerprint density at radius 1 is 1.33 bits per heavy atom. The number of nitrogen functional groups attached to an aromatic ring is 1. The van der Waals surface area contributed by atoms with Crippen LogP contribution in [0.1, 0.15) is 24.6 Å². The second kappa shape index (κ2) is 6.26. The van der Waals surface area contributed by atoms with Crippen LogP contribution in [0.3, 0.4) is 0 Å². The molecule has 0 aromatic carbocycles. The van der Waals surface area contributed by atoms with Crippen molar-refractivity contribution < 1.29 is 0 Å². The lowest BCUT2D eigenvalue weighted by Crippen LogP contribution is -2.24. The molecule has 1 fully saturated rings. The molecule has 6 nitrogen and oxygen atoms in total. The Morgan fingerprint density at radius 3 is 2.86 bits per heavy atom. The minimum atomic E-state index is 0.247. The van der Waals surface area contributed by atoms with Gasteiger partial charge in [0.1, 0.15) is 0 Å². The Hall–Kier alpha value is -1.89. The van der Waals surface area contributed by atoms with Gasteiger partial charge in [-0.1, -0.05) is 6.07 Å². The Balaban J connectivity index is 1.69. The van der Waals surface area contributed by atoms with E-state index in [4.69, 9.17) is 5.73 Å². The van der Waals surface area contributed by atoms with Crippen LogP contribution in [-0.2, 0) is 6.42 Å². The summed E-state index contributed by atoms with van der Waals surface area (Å²) in [6, 6.07) is 4.45. The van der Waals surface area contributed by atoms with Crippen LogP contribution in [0.5, 0.6) is 0 Å². The van der Waals surface area contributed by atoms with Gasteiger partial charge in [0.2, 0.25) is 17.8 Å². The van der Waals surface area contributed by atoms with Gasteiger partial charge in [0.15, 0.2) is 0 Å². The van der Waals surface area contributed by atoms with E-state index in [-0.39, 0.29) is 12.0 Å². The van der Waals surface area contributed by atoms with Gasteiger partial charge in [-0.15, -0.1) is 11.3 Å². The van der Waals surface area contributed by atoms with Gasteiger partial charge in [-0.05, 0) is 31.2 Å². The second-order valence-electron chi connectivity index (χ2n) is 5.34. The first kappa shape index (κ1) is 14.1. The summed E-state index contributed by atoms with van der Waals surface area (Å²) >= 11 is 1.76. The smallest absolute Gasteiger partial charge is 0.231 e. The van der Waals surface area contributed by atoms with Crippen molar-refractivity contribution in [2.75, 3.05) is 29.0 Å². The van der Waals surface area contributed by atoms with E-state index in [1.807, 2.05) is 0 Å². The Bertz CT molecular complexity index is 579. The molecule has 0 spiro atoms. The highest BCUT2D eigenvalue weighted by Crippen LogP contribution is 2.18. The standard InChI is InChI=1S/C14H20N6S/c1-10(9-11-5-4-8-21-11)16-13-17-12(15)18-14(19-13)20-6-2-3-7-20/h4-5,8,10H,2-3,6-7,9H2,1H3,(H3,15,16,17,18,19). The quantitative estimate of drug-likeness (QED) is 0.881. The number of nitrogens with one attached hydrogen (secondary N) is 1. The highest BCUT2D eigenvalue weighted by atomic mass is 32.1. The maximum absolute atomic E-state index is 5.81. The zero-order chi connectivity index (χ0) is 14.7. The Labute approximate surface area is 128 Å². The number of aromatic nitrogens is 3. The van der Waals surface area contributed by atoms with E-state index in [1.165, 1.54) is 17.7 Å². The Morgan fingerprint density at radius 2 is 2.14 bits per heavy atom. The molecule has 2 aromatic heterocycles. The van der Waals surface area contributed by atoms with Crippen molar-refractivity contribution in [1.29, 1.82) is 0 Å². The van der Waals surface area contributed by atoms with Crippen molar-refractivity contribution in [3.63, 3.8) is 0 Å². The van der Waals surface area contributed by atoms with Crippen molar-refractivity contribution in [2.24, 2.45) is 0 Å². The predicted octanol–water partition coefficient (Wildman–Crippen LogP) is 2.16. The van der Waals surface area contributed by atoms with E-state index < -0.39 is 0 Å². The van der Waals surface area contributed by atoms with E-state index in [2.05, 4.69) is 49.6 Å². The van der Waals surface area contributed by atoms with Crippen LogP contribution < -0.4 is 16.0 Å². The monoisotopic (exact) mass is 304 g/mol. The molecule has 112 valence electrons. The summed E-state index contributed by atoms with van der Waals surface area (Å²) in [7, 11) is 0. The third-order valence-electron chi connectivity index (χ3n) is 3.49. The van der Waals surface area contributed by atoms with E-state index in [1.54, 1.807) is 11.3 Å². The summed E-state index contributed by atoms with van der Waals surface area (Å²) in [5, 5.41) is 5.41. The summed E-state index contributed by atoms with van der Waals surface area (Å²) in [4.78, 5) is 16.4. The molecular formula is C14H20N6S. The first-order valence-electron chi connectivity index (χ1n) is 7.26. The highest BCUT2D eigenvalue weighted by molar-refractivity contribution is 7.09. The summed E-state index contributed by atoms with van der Waals surface area (Å²) in [6.45, 7) is 4.11. The maximum atomic E-state index is 5.81. The SMILES string of the molecule is CC(Cc1cccs1)Nc1nc(N)nc(N2CCCC2)n1. The molecule has 3 N–H and O–H groups in total. The molecule has 0 saturated carbocycles. The lowest BCUT2D eigenvalue weighted by molar-refractivity contribution is 0.780. The van der Waals surface area contributed by atoms with Crippen LogP contribution in [-0.4, -0.2) is 34.1 Å². The summed E-state index contributed by atoms with van der Waals surface area (Å²) in [6.07, 6.45) is 3.31. The summed E-state index contributed by atoms with van der Waals surface area (Å²) < 4.78 is 0. The third-order valence-corrected chi connectivity index (χ3v) is 4.39. The zero-order valence-electron chi connectivity index (χ0n) is 12.1. The topological polar surface area (TPSA) is 80.0 Å². The van der Waals surface area contributed by atoms with E-state index >= 15 is 0 Å². The van der Waals surface area contributed by atoms with Gasteiger partial charge in [-0.25, -0.2) is 0 Å². The van der Waals surface area contributed by atoms with Gasteiger partial charge >= 0.3 is 0 Å². The van der Waals surface area contributed by atoms with E-state index in [0.29, 0.717) is 11.9 Å². The molecular weight excluding hydrogens is 284 g/mol. The number of hydrogen-bond donors (Lipinski definition) is 2. The van der Waals surface area contributed by atoms with E-state index in [9.17, 15) is 0 Å². The number of thiophene rings is 1. The number of rotatable bonds is 5. The minimum Gasteiger partial charge on any atom is -0.368 e. The van der Waals surface area contributed by atoms with Gasteiger partial charge in [0, 0.05) is 30.4 Å². The average Bonchev–Trinajstić information content (AvgIpc) is 3.10. The van der Waals surface area contributed by atoms with Gasteiger partial charge in [-0.2, -0.15) is 15.0 Å². The van der Waals surface area contributed by atoms with Crippen LogP contribution in [0.4, 0.5) is 17.8 Å². The number of anilines is 3. The zero-order valence-corrected chi connectivity index (χ0v) is 12.9. The number of nitrogens with zero attached hydrogens (tertiary/aromatic N) is 4. The lowest BCUT2D eigenvalue weighted by Gasteiger charge is -2.18. The minimum absolute atomic E-state index is 0.247. The van der Waals surface area contributed by atoms with Crippen LogP contribution in [0.2, 0.25) is 0 Å². The molecule has 0 aliphatic carbocycles. The van der Waals surface area contributed by atoms with Gasteiger partial charge in [0.05, 0.1) is 0 Å². The van der Waals surface area contributed by atoms with Crippen molar-refractivity contribution in [3.8, 4) is 0 Å². The van der Waals surface area contributed by atoms with Crippen LogP contribution >= 0.6 is 11.3 Å². The molecule has 0 bridgehead atoms. The fourth-order valence-electron chi connectivity index (χ4n) is 2.51. The number of hydrogen-bond acceptors (Lipinski definition) is 7. The first-order chi connectivity index (χ1) is 10.2. The highest BCUT2D eigenvalue weighted by Gasteiger charge is 2.17. The molecule has 1 saturated heterocycles. The molecule has 0 amide bonds. The summed E-state index contributed by atoms with van der Waals surface area (Å²) in [5.74, 6) is 1.53. The summed E-state index contributed by atoms with van der Waals surface area (Å²) in [5.41, 5.74) is 5.81. The molecule has 1 aliphatic rings. The van der Waals surface area contributed by atoms with Gasteiger partial charge in [0.25, 0.3) is 0 Å². The predicted molar refractivity (Wildman–Crippen MR) is 86.8 cm³/mol. The fourth-order valence-corrected chi connectivity index (χ4v) is 3.34. The second-order valence-corrected chi connectivity index (χ2v) is 6.37. The largest absolute Gasteiger partial charge is 0.368 e. The van der Waals surface area contributed by atoms with Crippen molar-refractivity contribution in [3.05, 3.63) is 22.4 Å². The molecule has 3 rings (SSSR count). The molecule has 1 atom stereocenters. The molecule has 21 heavy (non-hydrogen) atoms. The third kappa shape index (κ3) is 3.60. The molecule has 3 heterocycles. The first-order valence-corrected chi connectivity index (χ1v) is 8.14. The lowest BCUT2D eigenvalue weighted by atomic mass is 10.2. The molecule has 1 unspecified atom stereocenters. The normalized spacial score (nSPS) is 16.1. The fraction of sp³-hybridized carbons (Fsp3) is 0.500. The molecule has 1 aliphatic heterocycles. The van der Waals surface area contributed by atoms with Crippen LogP contribution in [0, 0.1) is 0 Å². The molecule has 7 heteroatoms. The van der Waals surface area contributed by atoms with Gasteiger partial charge < -0.3 is 16.0 Å². The number of nitrogens with two attached hydrogens (primary N) is 1. The molecule has 2 aromatic rings. The van der Waals surface area contributed by atoms with Crippen LogP contribution in [0.25, 0.3) is 0 Å². The van der Waals surface area contributed by atoms with Crippen molar-refractivity contribution >= 4 is 29.2 Å². The van der Waals surface area contributed by atoms with Crippen LogP contribution in [0.15, 0.2) is 17.5 Å². The van der Waals surface area contributed by atoms with Crippen molar-refractivity contribution in [2.45, 2.75) is 32.2 Å². The Kier molecular flexibility index (Phi) is 4.19. The van der Waals surface area contributed by atoms with E-state index in [0.717, 1.165) is 19.5 Å². The van der Waals surface area contributed by atoms with Gasteiger partial charge in [-0.3, -0.25) is 0 Å². The molecule has 0 radical (unpaired) electrons. The van der Waals surface area contributed by atoms with Crippen molar-refractivity contribution in [1.82, 2.24) is 15.0 Å². The maximum Gasteiger partial charge on any atom is 0.231 e. The average molecular weight is 304 g/mol.